The van der Waals surface area contributed by atoms with Crippen molar-refractivity contribution < 1.29 is 14.0 Å². The number of amides is 3. The summed E-state index contributed by atoms with van der Waals surface area (Å²) in [5.74, 6) is -1.38. The van der Waals surface area contributed by atoms with Gasteiger partial charge in [0.1, 0.15) is 5.82 Å². The van der Waals surface area contributed by atoms with Gasteiger partial charge in [0.25, 0.3) is 0 Å². The van der Waals surface area contributed by atoms with Gasteiger partial charge in [0, 0.05) is 18.2 Å². The van der Waals surface area contributed by atoms with Gasteiger partial charge in [-0.05, 0) is 25.3 Å². The van der Waals surface area contributed by atoms with Gasteiger partial charge in [0.05, 0.1) is 5.92 Å². The Morgan fingerprint density at radius 2 is 2.00 bits per heavy atom. The third kappa shape index (κ3) is 1.99. The molecule has 0 spiro atoms. The Morgan fingerprint density at radius 1 is 1.21 bits per heavy atom. The highest BCUT2D eigenvalue weighted by Gasteiger charge is 2.43. The molecule has 0 aliphatic carbocycles. The number of carbonyl (C=O) groups is 2. The molecule has 2 atom stereocenters. The normalized spacial score (nSPS) is 26.9. The van der Waals surface area contributed by atoms with Gasteiger partial charge >= 0.3 is 6.03 Å². The molecule has 2 aliphatic rings. The molecule has 0 saturated carbocycles. The minimum atomic E-state index is -0.598. The van der Waals surface area contributed by atoms with Crippen LogP contribution in [-0.4, -0.2) is 29.4 Å². The highest BCUT2D eigenvalue weighted by molar-refractivity contribution is 6.01. The van der Waals surface area contributed by atoms with Gasteiger partial charge in [-0.2, -0.15) is 0 Å². The molecule has 0 bridgehead atoms. The molecule has 3 amide bonds. The second-order valence-electron chi connectivity index (χ2n) is 5.05. The molecule has 5 heteroatoms. The molecule has 2 fully saturated rings. The number of urea groups is 1. The predicted molar refractivity (Wildman–Crippen MR) is 67.0 cm³/mol. The number of nitrogens with one attached hydrogen (secondary N) is 1. The summed E-state index contributed by atoms with van der Waals surface area (Å²) in [6.45, 7) is 0.634. The Bertz CT molecular complexity index is 532. The third-order valence-corrected chi connectivity index (χ3v) is 3.95. The number of fused-ring (bicyclic) bond motifs is 1. The maximum Gasteiger partial charge on any atom is 0.324 e. The summed E-state index contributed by atoms with van der Waals surface area (Å²) in [6.07, 6.45) is 2.65. The van der Waals surface area contributed by atoms with E-state index < -0.39 is 11.8 Å². The molecular formula is C14H15FN2O2. The molecule has 2 aliphatic heterocycles. The van der Waals surface area contributed by atoms with Crippen molar-refractivity contribution in [1.29, 1.82) is 0 Å². The molecule has 3 rings (SSSR count). The molecule has 100 valence electrons. The van der Waals surface area contributed by atoms with Gasteiger partial charge < -0.3 is 4.90 Å². The van der Waals surface area contributed by atoms with E-state index in [1.54, 1.807) is 23.1 Å². The molecule has 2 saturated heterocycles. The largest absolute Gasteiger partial charge is 0.324 e. The molecule has 1 aromatic rings. The van der Waals surface area contributed by atoms with Crippen LogP contribution in [0.5, 0.6) is 0 Å². The van der Waals surface area contributed by atoms with Crippen LogP contribution in [0.1, 0.15) is 30.7 Å². The van der Waals surface area contributed by atoms with Crippen LogP contribution in [0.2, 0.25) is 0 Å². The van der Waals surface area contributed by atoms with E-state index in [9.17, 15) is 14.0 Å². The Hall–Kier alpha value is -1.91. The predicted octanol–water partition coefficient (Wildman–Crippen LogP) is 2.01. The van der Waals surface area contributed by atoms with Gasteiger partial charge in [-0.3, -0.25) is 10.1 Å². The summed E-state index contributed by atoms with van der Waals surface area (Å²) in [4.78, 5) is 25.6. The summed E-state index contributed by atoms with van der Waals surface area (Å²) >= 11 is 0. The standard InChI is InChI=1S/C14H15FN2O2/c15-10-6-2-1-5-9(10)12-11-7-3-4-8-17(11)14(19)16-13(12)18/h1-2,5-6,11-12H,3-4,7-8H2,(H,16,18,19)/t11-,12-/m1/s1. The number of halogens is 1. The van der Waals surface area contributed by atoms with Crippen LogP contribution in [0.15, 0.2) is 24.3 Å². The smallest absolute Gasteiger partial charge is 0.320 e. The lowest BCUT2D eigenvalue weighted by Gasteiger charge is -2.43. The van der Waals surface area contributed by atoms with Gasteiger partial charge in [0.2, 0.25) is 5.91 Å². The maximum atomic E-state index is 13.9. The molecule has 4 nitrogen and oxygen atoms in total. The molecule has 0 aromatic heterocycles. The SMILES string of the molecule is O=C1NC(=O)N2CCCC[C@@H]2[C@H]1c1ccccc1F. The second kappa shape index (κ2) is 4.64. The Labute approximate surface area is 110 Å². The minimum Gasteiger partial charge on any atom is -0.320 e. The fourth-order valence-electron chi connectivity index (χ4n) is 3.06. The van der Waals surface area contributed by atoms with E-state index in [4.69, 9.17) is 0 Å². The van der Waals surface area contributed by atoms with E-state index in [1.807, 2.05) is 0 Å². The Morgan fingerprint density at radius 3 is 2.79 bits per heavy atom. The molecule has 1 N–H and O–H groups in total. The van der Waals surface area contributed by atoms with E-state index in [0.29, 0.717) is 12.1 Å². The molecule has 2 heterocycles. The molecule has 19 heavy (non-hydrogen) atoms. The van der Waals surface area contributed by atoms with Gasteiger partial charge in [-0.25, -0.2) is 9.18 Å². The average Bonchev–Trinajstić information content (AvgIpc) is 2.41. The number of carbonyl (C=O) groups excluding carboxylic acids is 2. The number of piperidine rings is 1. The Kier molecular flexibility index (Phi) is 2.97. The number of nitrogens with zero attached hydrogens (tertiary/aromatic N) is 1. The molecule has 0 unspecified atom stereocenters. The zero-order chi connectivity index (χ0) is 13.4. The van der Waals surface area contributed by atoms with Crippen molar-refractivity contribution in [2.75, 3.05) is 6.54 Å². The first-order valence-electron chi connectivity index (χ1n) is 6.54. The van der Waals surface area contributed by atoms with E-state index >= 15 is 0 Å². The topological polar surface area (TPSA) is 49.4 Å². The van der Waals surface area contributed by atoms with E-state index in [0.717, 1.165) is 19.3 Å². The molecular weight excluding hydrogens is 247 g/mol. The highest BCUT2D eigenvalue weighted by Crippen LogP contribution is 2.34. The van der Waals surface area contributed by atoms with Crippen LogP contribution in [-0.2, 0) is 4.79 Å². The zero-order valence-electron chi connectivity index (χ0n) is 10.4. The van der Waals surface area contributed by atoms with Crippen LogP contribution >= 0.6 is 0 Å². The Balaban J connectivity index is 2.01. The quantitative estimate of drug-likeness (QED) is 0.841. The number of benzene rings is 1. The fraction of sp³-hybridized carbons (Fsp3) is 0.429. The van der Waals surface area contributed by atoms with Gasteiger partial charge in [-0.1, -0.05) is 18.2 Å². The van der Waals surface area contributed by atoms with Crippen molar-refractivity contribution in [2.45, 2.75) is 31.2 Å². The average molecular weight is 262 g/mol. The zero-order valence-corrected chi connectivity index (χ0v) is 10.4. The summed E-state index contributed by atoms with van der Waals surface area (Å²) in [7, 11) is 0. The first-order chi connectivity index (χ1) is 9.18. The monoisotopic (exact) mass is 262 g/mol. The molecule has 0 radical (unpaired) electrons. The summed E-state index contributed by atoms with van der Waals surface area (Å²) in [5, 5.41) is 2.34. The third-order valence-electron chi connectivity index (χ3n) is 3.95. The first-order valence-corrected chi connectivity index (χ1v) is 6.54. The summed E-state index contributed by atoms with van der Waals surface area (Å²) in [6, 6.07) is 5.74. The summed E-state index contributed by atoms with van der Waals surface area (Å²) < 4.78 is 13.9. The van der Waals surface area contributed by atoms with Crippen molar-refractivity contribution in [3.8, 4) is 0 Å². The number of hydrogen-bond donors (Lipinski definition) is 1. The van der Waals surface area contributed by atoms with Crippen molar-refractivity contribution in [3.63, 3.8) is 0 Å². The van der Waals surface area contributed by atoms with Gasteiger partial charge in [0.15, 0.2) is 0 Å². The fourth-order valence-corrected chi connectivity index (χ4v) is 3.06. The lowest BCUT2D eigenvalue weighted by molar-refractivity contribution is -0.125. The van der Waals surface area contributed by atoms with Crippen molar-refractivity contribution >= 4 is 11.9 Å². The van der Waals surface area contributed by atoms with Crippen molar-refractivity contribution in [3.05, 3.63) is 35.6 Å². The number of imide groups is 1. The number of rotatable bonds is 1. The lowest BCUT2D eigenvalue weighted by Crippen LogP contribution is -2.60. The molecule has 1 aromatic carbocycles. The van der Waals surface area contributed by atoms with E-state index in [1.165, 1.54) is 6.07 Å². The minimum absolute atomic E-state index is 0.216. The van der Waals surface area contributed by atoms with Crippen molar-refractivity contribution in [2.24, 2.45) is 0 Å². The van der Waals surface area contributed by atoms with Crippen LogP contribution < -0.4 is 5.32 Å². The number of hydrogen-bond acceptors (Lipinski definition) is 2. The summed E-state index contributed by atoms with van der Waals surface area (Å²) in [5.41, 5.74) is 0.379. The van der Waals surface area contributed by atoms with Gasteiger partial charge in [-0.15, -0.1) is 0 Å². The first kappa shape index (κ1) is 12.1. The van der Waals surface area contributed by atoms with Crippen LogP contribution in [0.25, 0.3) is 0 Å². The lowest BCUT2D eigenvalue weighted by atomic mass is 9.83. The van der Waals surface area contributed by atoms with Crippen LogP contribution in [0.4, 0.5) is 9.18 Å². The van der Waals surface area contributed by atoms with Crippen LogP contribution in [0, 0.1) is 5.82 Å². The van der Waals surface area contributed by atoms with E-state index in [2.05, 4.69) is 5.32 Å². The van der Waals surface area contributed by atoms with Crippen molar-refractivity contribution in [1.82, 2.24) is 10.2 Å². The maximum absolute atomic E-state index is 13.9. The van der Waals surface area contributed by atoms with E-state index in [-0.39, 0.29) is 17.9 Å². The second-order valence-corrected chi connectivity index (χ2v) is 5.05. The van der Waals surface area contributed by atoms with Crippen LogP contribution in [0.3, 0.4) is 0 Å². The highest BCUT2D eigenvalue weighted by atomic mass is 19.1.